The van der Waals surface area contributed by atoms with Crippen molar-refractivity contribution < 1.29 is 24.6 Å². The van der Waals surface area contributed by atoms with E-state index in [2.05, 4.69) is 17.2 Å². The monoisotopic (exact) mass is 384 g/mol. The average molecular weight is 384 g/mol. The maximum absolute atomic E-state index is 12.2. The number of aliphatic hydroxyl groups is 1. The van der Waals surface area contributed by atoms with E-state index in [1.807, 2.05) is 24.3 Å². The van der Waals surface area contributed by atoms with Gasteiger partial charge in [-0.1, -0.05) is 19.3 Å². The molecule has 7 heteroatoms. The summed E-state index contributed by atoms with van der Waals surface area (Å²) >= 11 is 0. The summed E-state index contributed by atoms with van der Waals surface area (Å²) in [7, 11) is 1.60. The van der Waals surface area contributed by atoms with E-state index >= 15 is 0 Å². The van der Waals surface area contributed by atoms with Crippen LogP contribution in [0.25, 0.3) is 0 Å². The molecule has 2 aromatic carbocycles. The van der Waals surface area contributed by atoms with Gasteiger partial charge in [0.2, 0.25) is 0 Å². The molecule has 2 aromatic rings. The number of methoxy groups -OCH3 is 1. The number of hydroxylamine groups is 1. The molecule has 0 unspecified atom stereocenters. The SMILES string of the molecule is C.COc1ccc(C#Cc2ccc(C(=O)N[C@H](C(=O)NO)[C@@H](C)O)cc2)cc1. The largest absolute Gasteiger partial charge is 0.497 e. The van der Waals surface area contributed by atoms with Crippen molar-refractivity contribution >= 4 is 11.8 Å². The molecule has 148 valence electrons. The third-order valence-corrected chi connectivity index (χ3v) is 3.75. The summed E-state index contributed by atoms with van der Waals surface area (Å²) < 4.78 is 5.09. The van der Waals surface area contributed by atoms with Gasteiger partial charge in [0.05, 0.1) is 13.2 Å². The third-order valence-electron chi connectivity index (χ3n) is 3.75. The molecule has 0 fully saturated rings. The summed E-state index contributed by atoms with van der Waals surface area (Å²) in [6, 6.07) is 12.5. The molecule has 2 rings (SSSR count). The van der Waals surface area contributed by atoms with Crippen LogP contribution in [0, 0.1) is 11.8 Å². The summed E-state index contributed by atoms with van der Waals surface area (Å²) in [6.45, 7) is 1.33. The van der Waals surface area contributed by atoms with Gasteiger partial charge in [-0.05, 0) is 55.5 Å². The molecule has 2 atom stereocenters. The fourth-order valence-corrected chi connectivity index (χ4v) is 2.22. The Morgan fingerprint density at radius 2 is 1.50 bits per heavy atom. The standard InChI is InChI=1S/C20H20N2O5.CH4/c1-13(23)18(20(25)22-26)21-19(24)16-9-5-14(6-10-16)3-4-15-7-11-17(27-2)12-8-15;/h5-13,18,23,26H,1-2H3,(H,21,24)(H,22,25);1H4/t13-,18+;/m1./s1. The second-order valence-electron chi connectivity index (χ2n) is 5.72. The van der Waals surface area contributed by atoms with Gasteiger partial charge >= 0.3 is 0 Å². The molecule has 0 spiro atoms. The predicted octanol–water partition coefficient (Wildman–Crippen LogP) is 1.72. The van der Waals surface area contributed by atoms with Crippen LogP contribution < -0.4 is 15.5 Å². The molecule has 28 heavy (non-hydrogen) atoms. The number of nitrogens with one attached hydrogen (secondary N) is 2. The Morgan fingerprint density at radius 3 is 1.93 bits per heavy atom. The van der Waals surface area contributed by atoms with Crippen LogP contribution in [0.1, 0.15) is 35.8 Å². The van der Waals surface area contributed by atoms with Crippen LogP contribution >= 0.6 is 0 Å². The molecule has 0 aliphatic rings. The van der Waals surface area contributed by atoms with E-state index in [9.17, 15) is 14.7 Å². The number of ether oxygens (including phenoxy) is 1. The van der Waals surface area contributed by atoms with Gasteiger partial charge in [0.25, 0.3) is 11.8 Å². The van der Waals surface area contributed by atoms with Crippen molar-refractivity contribution in [2.75, 3.05) is 7.11 Å². The summed E-state index contributed by atoms with van der Waals surface area (Å²) in [5, 5.41) is 20.6. The van der Waals surface area contributed by atoms with Crippen LogP contribution in [0.4, 0.5) is 0 Å². The minimum absolute atomic E-state index is 0. The molecule has 0 bridgehead atoms. The van der Waals surface area contributed by atoms with Gasteiger partial charge in [0, 0.05) is 16.7 Å². The number of carbonyl (C=O) groups is 2. The Balaban J connectivity index is 0.00000392. The first kappa shape index (κ1) is 22.7. The molecule has 0 saturated carbocycles. The number of hydrogen-bond acceptors (Lipinski definition) is 5. The first-order chi connectivity index (χ1) is 12.9. The summed E-state index contributed by atoms with van der Waals surface area (Å²) in [5.74, 6) is 5.29. The highest BCUT2D eigenvalue weighted by molar-refractivity contribution is 5.97. The Kier molecular flexibility index (Phi) is 8.69. The van der Waals surface area contributed by atoms with Crippen LogP contribution in [0.15, 0.2) is 48.5 Å². The number of hydrogen-bond donors (Lipinski definition) is 4. The number of amides is 2. The van der Waals surface area contributed by atoms with Crippen LogP contribution in [0.3, 0.4) is 0 Å². The zero-order valence-electron chi connectivity index (χ0n) is 14.9. The summed E-state index contributed by atoms with van der Waals surface area (Å²) in [6.07, 6.45) is -1.17. The molecular formula is C21H24N2O5. The minimum atomic E-state index is -1.27. The molecule has 4 N–H and O–H groups in total. The quantitative estimate of drug-likeness (QED) is 0.357. The van der Waals surface area contributed by atoms with E-state index in [1.54, 1.807) is 31.4 Å². The highest BCUT2D eigenvalue weighted by Crippen LogP contribution is 2.11. The molecule has 0 saturated heterocycles. The van der Waals surface area contributed by atoms with E-state index < -0.39 is 24.0 Å². The van der Waals surface area contributed by atoms with E-state index in [0.29, 0.717) is 11.1 Å². The summed E-state index contributed by atoms with van der Waals surface area (Å²) in [4.78, 5) is 23.7. The number of benzene rings is 2. The zero-order chi connectivity index (χ0) is 19.8. The fraction of sp³-hybridized carbons (Fsp3) is 0.238. The van der Waals surface area contributed by atoms with Crippen molar-refractivity contribution in [1.29, 1.82) is 0 Å². The van der Waals surface area contributed by atoms with Crippen LogP contribution in [0.5, 0.6) is 5.75 Å². The van der Waals surface area contributed by atoms with Gasteiger partial charge in [0.1, 0.15) is 11.8 Å². The first-order valence-electron chi connectivity index (χ1n) is 8.13. The van der Waals surface area contributed by atoms with Crippen molar-refractivity contribution in [3.8, 4) is 17.6 Å². The lowest BCUT2D eigenvalue weighted by Gasteiger charge is -2.19. The highest BCUT2D eigenvalue weighted by atomic mass is 16.5. The average Bonchev–Trinajstić information content (AvgIpc) is 2.70. The van der Waals surface area contributed by atoms with Gasteiger partial charge in [-0.3, -0.25) is 14.8 Å². The molecule has 0 aliphatic heterocycles. The lowest BCUT2D eigenvalue weighted by atomic mass is 10.1. The molecule has 0 aromatic heterocycles. The van der Waals surface area contributed by atoms with Gasteiger partial charge < -0.3 is 15.2 Å². The lowest BCUT2D eigenvalue weighted by Crippen LogP contribution is -2.51. The van der Waals surface area contributed by atoms with Crippen molar-refractivity contribution in [2.24, 2.45) is 0 Å². The van der Waals surface area contributed by atoms with Crippen LogP contribution in [0.2, 0.25) is 0 Å². The van der Waals surface area contributed by atoms with Crippen LogP contribution in [-0.2, 0) is 4.79 Å². The smallest absolute Gasteiger partial charge is 0.268 e. The Bertz CT molecular complexity index is 849. The van der Waals surface area contributed by atoms with E-state index in [4.69, 9.17) is 9.94 Å². The maximum Gasteiger partial charge on any atom is 0.268 e. The fourth-order valence-electron chi connectivity index (χ4n) is 2.22. The third kappa shape index (κ3) is 6.13. The van der Waals surface area contributed by atoms with E-state index in [0.717, 1.165) is 11.3 Å². The minimum Gasteiger partial charge on any atom is -0.497 e. The predicted molar refractivity (Wildman–Crippen MR) is 105 cm³/mol. The normalized spacial score (nSPS) is 11.7. The molecule has 7 nitrogen and oxygen atoms in total. The van der Waals surface area contributed by atoms with Crippen molar-refractivity contribution in [3.05, 3.63) is 65.2 Å². The zero-order valence-corrected chi connectivity index (χ0v) is 14.9. The number of carbonyl (C=O) groups excluding carboxylic acids is 2. The second-order valence-corrected chi connectivity index (χ2v) is 5.72. The second kappa shape index (κ2) is 10.7. The van der Waals surface area contributed by atoms with E-state index in [1.165, 1.54) is 12.4 Å². The van der Waals surface area contributed by atoms with Gasteiger partial charge in [-0.15, -0.1) is 0 Å². The summed E-state index contributed by atoms with van der Waals surface area (Å²) in [5.41, 5.74) is 3.24. The van der Waals surface area contributed by atoms with Gasteiger partial charge in [-0.25, -0.2) is 5.48 Å². The van der Waals surface area contributed by atoms with Gasteiger partial charge in [-0.2, -0.15) is 0 Å². The van der Waals surface area contributed by atoms with Crippen molar-refractivity contribution in [2.45, 2.75) is 26.5 Å². The molecule has 0 heterocycles. The molecule has 2 amide bonds. The van der Waals surface area contributed by atoms with E-state index in [-0.39, 0.29) is 7.43 Å². The van der Waals surface area contributed by atoms with Crippen molar-refractivity contribution in [1.82, 2.24) is 10.8 Å². The van der Waals surface area contributed by atoms with Crippen LogP contribution in [-0.4, -0.2) is 41.4 Å². The first-order valence-corrected chi connectivity index (χ1v) is 8.13. The number of rotatable bonds is 5. The highest BCUT2D eigenvalue weighted by Gasteiger charge is 2.25. The molecule has 0 aliphatic carbocycles. The van der Waals surface area contributed by atoms with Gasteiger partial charge in [0.15, 0.2) is 0 Å². The number of aliphatic hydroxyl groups excluding tert-OH is 1. The maximum atomic E-state index is 12.2. The Hall–Kier alpha value is -3.34. The molecule has 0 radical (unpaired) electrons. The molecular weight excluding hydrogens is 360 g/mol. The van der Waals surface area contributed by atoms with Crippen molar-refractivity contribution in [3.63, 3.8) is 0 Å². The Labute approximate surface area is 164 Å². The lowest BCUT2D eigenvalue weighted by molar-refractivity contribution is -0.133. The topological polar surface area (TPSA) is 108 Å². The Morgan fingerprint density at radius 1 is 1.00 bits per heavy atom.